The molecule has 0 heterocycles. The van der Waals surface area contributed by atoms with Crippen molar-refractivity contribution in [3.8, 4) is 11.1 Å². The van der Waals surface area contributed by atoms with Gasteiger partial charge in [-0.15, -0.1) is 0 Å². The first-order chi connectivity index (χ1) is 16.2. The number of benzene rings is 5. The predicted octanol–water partition coefficient (Wildman–Crippen LogP) is 9.16. The minimum Gasteiger partial charge on any atom is -0.310 e. The minimum atomic E-state index is 0.992. The molecule has 0 bridgehead atoms. The SMILES string of the molecule is CCc1ccccc1N(c1ccc(-c2ccc(C)c3ccccc23)cc1)c1ccccc1C. The van der Waals surface area contributed by atoms with E-state index in [-0.39, 0.29) is 0 Å². The number of anilines is 3. The lowest BCUT2D eigenvalue weighted by Crippen LogP contribution is -2.13. The summed E-state index contributed by atoms with van der Waals surface area (Å²) >= 11 is 0. The Labute approximate surface area is 197 Å². The average molecular weight is 428 g/mol. The smallest absolute Gasteiger partial charge is 0.0493 e. The van der Waals surface area contributed by atoms with E-state index in [0.29, 0.717) is 0 Å². The van der Waals surface area contributed by atoms with Crippen LogP contribution in [0.25, 0.3) is 21.9 Å². The van der Waals surface area contributed by atoms with Crippen molar-refractivity contribution in [1.82, 2.24) is 0 Å². The zero-order chi connectivity index (χ0) is 22.8. The fourth-order valence-corrected chi connectivity index (χ4v) is 4.74. The molecule has 0 radical (unpaired) electrons. The number of rotatable bonds is 5. The summed E-state index contributed by atoms with van der Waals surface area (Å²) < 4.78 is 0. The highest BCUT2D eigenvalue weighted by atomic mass is 15.1. The lowest BCUT2D eigenvalue weighted by atomic mass is 9.95. The van der Waals surface area contributed by atoms with Crippen LogP contribution in [0.4, 0.5) is 17.1 Å². The average Bonchev–Trinajstić information content (AvgIpc) is 2.87. The van der Waals surface area contributed by atoms with E-state index in [0.717, 1.165) is 6.42 Å². The van der Waals surface area contributed by atoms with E-state index in [1.165, 1.54) is 55.7 Å². The number of aryl methyl sites for hydroxylation is 3. The first-order valence-electron chi connectivity index (χ1n) is 11.7. The van der Waals surface area contributed by atoms with Crippen molar-refractivity contribution in [2.45, 2.75) is 27.2 Å². The molecule has 5 aromatic carbocycles. The second-order valence-corrected chi connectivity index (χ2v) is 8.63. The van der Waals surface area contributed by atoms with Crippen molar-refractivity contribution in [1.29, 1.82) is 0 Å². The van der Waals surface area contributed by atoms with Crippen molar-refractivity contribution in [3.63, 3.8) is 0 Å². The van der Waals surface area contributed by atoms with Gasteiger partial charge in [0.1, 0.15) is 0 Å². The summed E-state index contributed by atoms with van der Waals surface area (Å²) in [5.41, 5.74) is 10.1. The van der Waals surface area contributed by atoms with Crippen LogP contribution >= 0.6 is 0 Å². The van der Waals surface area contributed by atoms with Gasteiger partial charge in [-0.2, -0.15) is 0 Å². The molecule has 0 amide bonds. The number of hydrogen-bond acceptors (Lipinski definition) is 1. The summed E-state index contributed by atoms with van der Waals surface area (Å²) in [5.74, 6) is 0. The van der Waals surface area contributed by atoms with Crippen LogP contribution in [0, 0.1) is 13.8 Å². The van der Waals surface area contributed by atoms with Gasteiger partial charge < -0.3 is 4.90 Å². The summed E-state index contributed by atoms with van der Waals surface area (Å²) in [5, 5.41) is 2.62. The molecule has 0 atom stereocenters. The fourth-order valence-electron chi connectivity index (χ4n) is 4.74. The number of para-hydroxylation sites is 2. The summed E-state index contributed by atoms with van der Waals surface area (Å²) in [6, 6.07) is 39.5. The fraction of sp³-hybridized carbons (Fsp3) is 0.125. The quantitative estimate of drug-likeness (QED) is 0.270. The Morgan fingerprint density at radius 1 is 0.545 bits per heavy atom. The zero-order valence-corrected chi connectivity index (χ0v) is 19.5. The van der Waals surface area contributed by atoms with Gasteiger partial charge in [0.2, 0.25) is 0 Å². The zero-order valence-electron chi connectivity index (χ0n) is 19.5. The van der Waals surface area contributed by atoms with Crippen molar-refractivity contribution >= 4 is 27.8 Å². The molecule has 5 rings (SSSR count). The molecule has 0 aliphatic heterocycles. The monoisotopic (exact) mass is 427 g/mol. The van der Waals surface area contributed by atoms with Crippen LogP contribution in [0.5, 0.6) is 0 Å². The van der Waals surface area contributed by atoms with Gasteiger partial charge in [-0.3, -0.25) is 0 Å². The summed E-state index contributed by atoms with van der Waals surface area (Å²) in [6.07, 6.45) is 0.992. The first kappa shape index (κ1) is 21.0. The molecule has 0 unspecified atom stereocenters. The van der Waals surface area contributed by atoms with Crippen LogP contribution in [-0.4, -0.2) is 0 Å². The van der Waals surface area contributed by atoms with Crippen LogP contribution in [0.1, 0.15) is 23.6 Å². The molecule has 162 valence electrons. The Kier molecular flexibility index (Phi) is 5.71. The maximum absolute atomic E-state index is 2.39. The largest absolute Gasteiger partial charge is 0.310 e. The van der Waals surface area contributed by atoms with Crippen LogP contribution in [0.15, 0.2) is 109 Å². The highest BCUT2D eigenvalue weighted by molar-refractivity contribution is 5.98. The molecule has 33 heavy (non-hydrogen) atoms. The third kappa shape index (κ3) is 3.91. The van der Waals surface area contributed by atoms with E-state index in [9.17, 15) is 0 Å². The summed E-state index contributed by atoms with van der Waals surface area (Å²) in [7, 11) is 0. The maximum atomic E-state index is 2.39. The topological polar surface area (TPSA) is 3.24 Å². The van der Waals surface area contributed by atoms with Gasteiger partial charge in [-0.25, -0.2) is 0 Å². The third-order valence-corrected chi connectivity index (χ3v) is 6.55. The van der Waals surface area contributed by atoms with Crippen molar-refractivity contribution < 1.29 is 0 Å². The maximum Gasteiger partial charge on any atom is 0.0493 e. The normalized spacial score (nSPS) is 11.0. The second kappa shape index (κ2) is 8.96. The Bertz CT molecular complexity index is 1410. The summed E-state index contributed by atoms with van der Waals surface area (Å²) in [4.78, 5) is 2.39. The first-order valence-corrected chi connectivity index (χ1v) is 11.7. The highest BCUT2D eigenvalue weighted by Crippen LogP contribution is 2.39. The van der Waals surface area contributed by atoms with Crippen LogP contribution in [0.3, 0.4) is 0 Å². The van der Waals surface area contributed by atoms with Crippen molar-refractivity contribution in [2.75, 3.05) is 4.90 Å². The van der Waals surface area contributed by atoms with Gasteiger partial charge in [0.05, 0.1) is 0 Å². The van der Waals surface area contributed by atoms with Gasteiger partial charge in [0.25, 0.3) is 0 Å². The van der Waals surface area contributed by atoms with E-state index < -0.39 is 0 Å². The molecule has 0 saturated carbocycles. The Morgan fingerprint density at radius 3 is 1.91 bits per heavy atom. The van der Waals surface area contributed by atoms with E-state index >= 15 is 0 Å². The Balaban J connectivity index is 1.64. The molecule has 0 aromatic heterocycles. The molecule has 5 aromatic rings. The molecular weight excluding hydrogens is 398 g/mol. The third-order valence-electron chi connectivity index (χ3n) is 6.55. The molecule has 0 fully saturated rings. The number of nitrogens with zero attached hydrogens (tertiary/aromatic N) is 1. The van der Waals surface area contributed by atoms with Gasteiger partial charge in [0.15, 0.2) is 0 Å². The van der Waals surface area contributed by atoms with Crippen LogP contribution < -0.4 is 4.90 Å². The van der Waals surface area contributed by atoms with E-state index in [2.05, 4.69) is 135 Å². The van der Waals surface area contributed by atoms with E-state index in [1.54, 1.807) is 0 Å². The van der Waals surface area contributed by atoms with Gasteiger partial charge in [0, 0.05) is 17.1 Å². The molecular formula is C32H29N. The Hall–Kier alpha value is -3.84. The number of fused-ring (bicyclic) bond motifs is 1. The van der Waals surface area contributed by atoms with Gasteiger partial charge in [-0.05, 0) is 83.1 Å². The lowest BCUT2D eigenvalue weighted by molar-refractivity contribution is 1.11. The lowest BCUT2D eigenvalue weighted by Gasteiger charge is -2.29. The summed E-state index contributed by atoms with van der Waals surface area (Å²) in [6.45, 7) is 6.59. The standard InChI is InChI=1S/C32H29N/c1-4-25-12-6-10-16-32(25)33(31-15-9-5-11-24(31)3)27-20-18-26(19-21-27)29-22-17-23(2)28-13-7-8-14-30(28)29/h5-22H,4H2,1-3H3. The molecule has 1 nitrogen and oxygen atoms in total. The molecule has 0 aliphatic rings. The van der Waals surface area contributed by atoms with Crippen LogP contribution in [0.2, 0.25) is 0 Å². The molecule has 0 aliphatic carbocycles. The molecule has 0 N–H and O–H groups in total. The molecule has 0 spiro atoms. The van der Waals surface area contributed by atoms with Crippen molar-refractivity contribution in [3.05, 3.63) is 126 Å². The Morgan fingerprint density at radius 2 is 1.18 bits per heavy atom. The number of hydrogen-bond donors (Lipinski definition) is 0. The second-order valence-electron chi connectivity index (χ2n) is 8.63. The van der Waals surface area contributed by atoms with Gasteiger partial charge >= 0.3 is 0 Å². The minimum absolute atomic E-state index is 0.992. The van der Waals surface area contributed by atoms with Gasteiger partial charge in [-0.1, -0.05) is 91.9 Å². The van der Waals surface area contributed by atoms with Crippen LogP contribution in [-0.2, 0) is 6.42 Å². The predicted molar refractivity (Wildman–Crippen MR) is 143 cm³/mol. The molecule has 0 saturated heterocycles. The molecule has 1 heteroatoms. The highest BCUT2D eigenvalue weighted by Gasteiger charge is 2.17. The van der Waals surface area contributed by atoms with Crippen molar-refractivity contribution in [2.24, 2.45) is 0 Å². The van der Waals surface area contributed by atoms with E-state index in [1.807, 2.05) is 0 Å². The van der Waals surface area contributed by atoms with E-state index in [4.69, 9.17) is 0 Å².